The molecule has 0 fully saturated rings. The summed E-state index contributed by atoms with van der Waals surface area (Å²) in [5, 5.41) is 2.15. The summed E-state index contributed by atoms with van der Waals surface area (Å²) in [5.41, 5.74) is 6.08. The number of carbonyl (C=O) groups is 1. The number of halogens is 4. The van der Waals surface area contributed by atoms with E-state index in [2.05, 4.69) is 21.2 Å². The van der Waals surface area contributed by atoms with Crippen molar-refractivity contribution < 1.29 is 13.6 Å². The SMILES string of the molecule is Cc1cc(Br)cc(C(=O)NCC(F)(F)CN)c1.Cl. The van der Waals surface area contributed by atoms with Gasteiger partial charge in [-0.25, -0.2) is 8.78 Å². The number of hydrogen-bond donors (Lipinski definition) is 2. The third-order valence-corrected chi connectivity index (χ3v) is 2.57. The predicted octanol–water partition coefficient (Wildman–Crippen LogP) is 2.50. The van der Waals surface area contributed by atoms with Crippen LogP contribution >= 0.6 is 28.3 Å². The van der Waals surface area contributed by atoms with Crippen LogP contribution in [-0.2, 0) is 0 Å². The maximum Gasteiger partial charge on any atom is 0.277 e. The molecule has 18 heavy (non-hydrogen) atoms. The van der Waals surface area contributed by atoms with E-state index in [0.29, 0.717) is 5.56 Å². The van der Waals surface area contributed by atoms with Gasteiger partial charge >= 0.3 is 0 Å². The number of alkyl halides is 2. The smallest absolute Gasteiger partial charge is 0.277 e. The lowest BCUT2D eigenvalue weighted by Gasteiger charge is -2.14. The molecule has 3 nitrogen and oxygen atoms in total. The van der Waals surface area contributed by atoms with E-state index in [-0.39, 0.29) is 12.4 Å². The van der Waals surface area contributed by atoms with E-state index in [1.165, 1.54) is 0 Å². The number of amides is 1. The minimum Gasteiger partial charge on any atom is -0.346 e. The standard InChI is InChI=1S/C11H13BrF2N2O.ClH/c1-7-2-8(4-9(12)3-7)10(17)16-6-11(13,14)5-15;/h2-4H,5-6,15H2,1H3,(H,16,17);1H. The van der Waals surface area contributed by atoms with Crippen molar-refractivity contribution >= 4 is 34.2 Å². The first-order chi connectivity index (χ1) is 7.84. The number of nitrogens with one attached hydrogen (secondary N) is 1. The highest BCUT2D eigenvalue weighted by atomic mass is 79.9. The molecule has 0 aliphatic rings. The van der Waals surface area contributed by atoms with Crippen molar-refractivity contribution in [3.05, 3.63) is 33.8 Å². The van der Waals surface area contributed by atoms with Gasteiger partial charge in [-0.15, -0.1) is 12.4 Å². The van der Waals surface area contributed by atoms with Gasteiger partial charge in [0.1, 0.15) is 0 Å². The largest absolute Gasteiger partial charge is 0.346 e. The lowest BCUT2D eigenvalue weighted by Crippen LogP contribution is -2.41. The zero-order valence-electron chi connectivity index (χ0n) is 9.67. The number of nitrogens with two attached hydrogens (primary N) is 1. The second-order valence-electron chi connectivity index (χ2n) is 3.76. The van der Waals surface area contributed by atoms with Gasteiger partial charge in [0, 0.05) is 10.0 Å². The number of rotatable bonds is 4. The fourth-order valence-corrected chi connectivity index (χ4v) is 1.86. The molecular weight excluding hydrogens is 329 g/mol. The van der Waals surface area contributed by atoms with E-state index >= 15 is 0 Å². The summed E-state index contributed by atoms with van der Waals surface area (Å²) in [6.45, 7) is 0.273. The molecular formula is C11H14BrClF2N2O. The van der Waals surface area contributed by atoms with Crippen LogP contribution in [0.5, 0.6) is 0 Å². The van der Waals surface area contributed by atoms with Crippen molar-refractivity contribution in [2.45, 2.75) is 12.8 Å². The van der Waals surface area contributed by atoms with Crippen LogP contribution in [0.4, 0.5) is 8.78 Å². The quantitative estimate of drug-likeness (QED) is 0.882. The highest BCUT2D eigenvalue weighted by Crippen LogP contribution is 2.16. The Labute approximate surface area is 119 Å². The van der Waals surface area contributed by atoms with E-state index in [4.69, 9.17) is 5.73 Å². The van der Waals surface area contributed by atoms with Gasteiger partial charge < -0.3 is 11.1 Å². The summed E-state index contributed by atoms with van der Waals surface area (Å²) in [6, 6.07) is 5.02. The molecule has 0 aromatic heterocycles. The van der Waals surface area contributed by atoms with Gasteiger partial charge in [0.05, 0.1) is 13.1 Å². The van der Waals surface area contributed by atoms with Gasteiger partial charge in [0.25, 0.3) is 11.8 Å². The van der Waals surface area contributed by atoms with Gasteiger partial charge in [0.15, 0.2) is 0 Å². The Balaban J connectivity index is 0.00000289. The van der Waals surface area contributed by atoms with E-state index in [9.17, 15) is 13.6 Å². The molecule has 1 rings (SSSR count). The number of hydrogen-bond acceptors (Lipinski definition) is 2. The first kappa shape index (κ1) is 17.3. The average molecular weight is 344 g/mol. The highest BCUT2D eigenvalue weighted by molar-refractivity contribution is 9.10. The Morgan fingerprint density at radius 1 is 1.44 bits per heavy atom. The van der Waals surface area contributed by atoms with Crippen LogP contribution in [0.1, 0.15) is 15.9 Å². The molecule has 7 heteroatoms. The molecule has 0 heterocycles. The summed E-state index contributed by atoms with van der Waals surface area (Å²) in [4.78, 5) is 11.6. The molecule has 0 unspecified atom stereocenters. The Morgan fingerprint density at radius 2 is 2.06 bits per heavy atom. The second kappa shape index (κ2) is 7.01. The van der Waals surface area contributed by atoms with Crippen molar-refractivity contribution in [3.63, 3.8) is 0 Å². The molecule has 0 saturated carbocycles. The summed E-state index contributed by atoms with van der Waals surface area (Å²) in [6.07, 6.45) is 0. The topological polar surface area (TPSA) is 55.1 Å². The Hall–Kier alpha value is -0.720. The maximum atomic E-state index is 12.8. The minimum atomic E-state index is -3.07. The zero-order chi connectivity index (χ0) is 13.1. The van der Waals surface area contributed by atoms with Gasteiger partial charge in [0.2, 0.25) is 0 Å². The van der Waals surface area contributed by atoms with Crippen molar-refractivity contribution in [2.24, 2.45) is 5.73 Å². The van der Waals surface area contributed by atoms with Gasteiger partial charge in [-0.05, 0) is 30.7 Å². The number of carbonyl (C=O) groups excluding carboxylic acids is 1. The molecule has 1 aromatic carbocycles. The first-order valence-corrected chi connectivity index (χ1v) is 5.77. The van der Waals surface area contributed by atoms with Crippen LogP contribution in [0.25, 0.3) is 0 Å². The average Bonchev–Trinajstić information content (AvgIpc) is 2.24. The van der Waals surface area contributed by atoms with E-state index in [0.717, 1.165) is 10.0 Å². The lowest BCUT2D eigenvalue weighted by molar-refractivity contribution is 0.0118. The molecule has 0 saturated heterocycles. The summed E-state index contributed by atoms with van der Waals surface area (Å²) in [5.74, 6) is -3.61. The first-order valence-electron chi connectivity index (χ1n) is 4.97. The maximum absolute atomic E-state index is 12.8. The lowest BCUT2D eigenvalue weighted by atomic mass is 10.1. The van der Waals surface area contributed by atoms with E-state index in [1.807, 2.05) is 13.0 Å². The summed E-state index contributed by atoms with van der Waals surface area (Å²) in [7, 11) is 0. The molecule has 0 spiro atoms. The molecule has 102 valence electrons. The molecule has 0 atom stereocenters. The Morgan fingerprint density at radius 3 is 2.56 bits per heavy atom. The third-order valence-electron chi connectivity index (χ3n) is 2.11. The van der Waals surface area contributed by atoms with Crippen molar-refractivity contribution in [2.75, 3.05) is 13.1 Å². The third kappa shape index (κ3) is 5.29. The molecule has 0 aliphatic heterocycles. The summed E-state index contributed by atoms with van der Waals surface area (Å²) < 4.78 is 26.4. The molecule has 1 aromatic rings. The summed E-state index contributed by atoms with van der Waals surface area (Å²) >= 11 is 3.24. The molecule has 1 amide bonds. The number of benzene rings is 1. The van der Waals surface area contributed by atoms with Gasteiger partial charge in [-0.2, -0.15) is 0 Å². The van der Waals surface area contributed by atoms with Crippen LogP contribution < -0.4 is 11.1 Å². The fraction of sp³-hybridized carbons (Fsp3) is 0.364. The van der Waals surface area contributed by atoms with Crippen LogP contribution in [0, 0.1) is 6.92 Å². The van der Waals surface area contributed by atoms with E-state index in [1.54, 1.807) is 12.1 Å². The van der Waals surface area contributed by atoms with Crippen molar-refractivity contribution in [3.8, 4) is 0 Å². The van der Waals surface area contributed by atoms with Crippen LogP contribution in [0.15, 0.2) is 22.7 Å². The van der Waals surface area contributed by atoms with Crippen LogP contribution in [0.3, 0.4) is 0 Å². The molecule has 0 aliphatic carbocycles. The van der Waals surface area contributed by atoms with Gasteiger partial charge in [-0.3, -0.25) is 4.79 Å². The van der Waals surface area contributed by atoms with Crippen molar-refractivity contribution in [1.82, 2.24) is 5.32 Å². The van der Waals surface area contributed by atoms with Crippen LogP contribution in [0.2, 0.25) is 0 Å². The normalized spacial score (nSPS) is 10.7. The second-order valence-corrected chi connectivity index (χ2v) is 4.68. The van der Waals surface area contributed by atoms with Crippen molar-refractivity contribution in [1.29, 1.82) is 0 Å². The van der Waals surface area contributed by atoms with Crippen LogP contribution in [-0.4, -0.2) is 24.9 Å². The van der Waals surface area contributed by atoms with Gasteiger partial charge in [-0.1, -0.05) is 15.9 Å². The minimum absolute atomic E-state index is 0. The highest BCUT2D eigenvalue weighted by Gasteiger charge is 2.27. The Bertz CT molecular complexity index is 409. The zero-order valence-corrected chi connectivity index (χ0v) is 12.1. The number of aryl methyl sites for hydroxylation is 1. The molecule has 0 bridgehead atoms. The molecule has 3 N–H and O–H groups in total. The Kier molecular flexibility index (Phi) is 6.73. The molecule has 0 radical (unpaired) electrons. The fourth-order valence-electron chi connectivity index (χ4n) is 1.25. The monoisotopic (exact) mass is 342 g/mol. The predicted molar refractivity (Wildman–Crippen MR) is 72.5 cm³/mol. The van der Waals surface area contributed by atoms with E-state index < -0.39 is 24.9 Å².